The lowest BCUT2D eigenvalue weighted by molar-refractivity contribution is 0.0697. The fourth-order valence-electron chi connectivity index (χ4n) is 3.56. The van der Waals surface area contributed by atoms with E-state index in [1.807, 2.05) is 6.92 Å². The fourth-order valence-corrected chi connectivity index (χ4v) is 5.06. The van der Waals surface area contributed by atoms with Gasteiger partial charge < -0.3 is 5.11 Å². The van der Waals surface area contributed by atoms with Crippen LogP contribution in [0.4, 0.5) is 5.69 Å². The Morgan fingerprint density at radius 2 is 1.57 bits per heavy atom. The van der Waals surface area contributed by atoms with E-state index in [1.54, 1.807) is 48.5 Å². The summed E-state index contributed by atoms with van der Waals surface area (Å²) in [5, 5.41) is 9.13. The Labute approximate surface area is 174 Å². The van der Waals surface area contributed by atoms with Crippen molar-refractivity contribution in [2.75, 3.05) is 10.8 Å². The molecule has 0 amide bonds. The third-order valence-electron chi connectivity index (χ3n) is 5.18. The minimum Gasteiger partial charge on any atom is -0.478 e. The second kappa shape index (κ2) is 7.42. The number of carbonyl (C=O) groups is 2. The first kappa shape index (κ1) is 19.8. The lowest BCUT2D eigenvalue weighted by atomic mass is 9.99. The molecule has 0 unspecified atom stereocenters. The molecule has 0 aliphatic carbocycles. The summed E-state index contributed by atoms with van der Waals surface area (Å²) in [5.74, 6) is -1.41. The van der Waals surface area contributed by atoms with E-state index in [0.29, 0.717) is 24.2 Å². The van der Waals surface area contributed by atoms with Crippen LogP contribution in [0.15, 0.2) is 71.6 Å². The van der Waals surface area contributed by atoms with E-state index >= 15 is 0 Å². The molecule has 0 aromatic heterocycles. The number of sulfonamides is 1. The molecule has 6 nitrogen and oxygen atoms in total. The van der Waals surface area contributed by atoms with Crippen molar-refractivity contribution in [1.82, 2.24) is 0 Å². The zero-order valence-corrected chi connectivity index (χ0v) is 17.0. The van der Waals surface area contributed by atoms with E-state index in [4.69, 9.17) is 5.11 Å². The average Bonchev–Trinajstić information content (AvgIpc) is 3.17. The molecule has 152 valence electrons. The van der Waals surface area contributed by atoms with Gasteiger partial charge in [-0.15, -0.1) is 0 Å². The van der Waals surface area contributed by atoms with Gasteiger partial charge in [0.1, 0.15) is 0 Å². The fraction of sp³-hybridized carbons (Fsp3) is 0.130. The molecule has 0 saturated heterocycles. The van der Waals surface area contributed by atoms with Crippen LogP contribution in [0.25, 0.3) is 0 Å². The van der Waals surface area contributed by atoms with E-state index in [-0.39, 0.29) is 21.8 Å². The van der Waals surface area contributed by atoms with Crippen LogP contribution in [0, 0.1) is 6.92 Å². The van der Waals surface area contributed by atoms with Crippen molar-refractivity contribution in [1.29, 1.82) is 0 Å². The van der Waals surface area contributed by atoms with E-state index < -0.39 is 16.0 Å². The summed E-state index contributed by atoms with van der Waals surface area (Å²) in [5.41, 5.74) is 3.02. The standard InChI is InChI=1S/C23H19NO5S/c1-15-5-8-20(9-6-15)30(28,29)24-12-11-16-13-18(7-10-21(16)24)22(25)17-3-2-4-19(14-17)23(26)27/h2-10,13-14H,11-12H2,1H3,(H,26,27). The Morgan fingerprint density at radius 3 is 2.27 bits per heavy atom. The van der Waals surface area contributed by atoms with Crippen LogP contribution >= 0.6 is 0 Å². The molecule has 1 heterocycles. The van der Waals surface area contributed by atoms with Crippen molar-refractivity contribution in [3.63, 3.8) is 0 Å². The number of anilines is 1. The number of fused-ring (bicyclic) bond motifs is 1. The number of carboxylic acids is 1. The molecule has 0 spiro atoms. The van der Waals surface area contributed by atoms with Crippen LogP contribution < -0.4 is 4.31 Å². The van der Waals surface area contributed by atoms with Gasteiger partial charge in [-0.1, -0.05) is 29.8 Å². The highest BCUT2D eigenvalue weighted by molar-refractivity contribution is 7.92. The van der Waals surface area contributed by atoms with Crippen molar-refractivity contribution in [2.24, 2.45) is 0 Å². The number of nitrogens with zero attached hydrogens (tertiary/aromatic N) is 1. The molecule has 0 bridgehead atoms. The molecule has 3 aromatic rings. The Bertz CT molecular complexity index is 1260. The van der Waals surface area contributed by atoms with Crippen molar-refractivity contribution < 1.29 is 23.1 Å². The number of hydrogen-bond donors (Lipinski definition) is 1. The molecular formula is C23H19NO5S. The highest BCUT2D eigenvalue weighted by atomic mass is 32.2. The molecule has 0 radical (unpaired) electrons. The number of aromatic carboxylic acids is 1. The van der Waals surface area contributed by atoms with E-state index in [0.717, 1.165) is 11.1 Å². The van der Waals surface area contributed by atoms with Gasteiger partial charge in [0.2, 0.25) is 0 Å². The van der Waals surface area contributed by atoms with Crippen LogP contribution in [-0.2, 0) is 16.4 Å². The summed E-state index contributed by atoms with van der Waals surface area (Å²) < 4.78 is 27.5. The van der Waals surface area contributed by atoms with Crippen molar-refractivity contribution >= 4 is 27.5 Å². The molecular weight excluding hydrogens is 402 g/mol. The number of ketones is 1. The lowest BCUT2D eigenvalue weighted by Crippen LogP contribution is -2.29. The normalized spacial score (nSPS) is 13.2. The highest BCUT2D eigenvalue weighted by Crippen LogP contribution is 2.34. The number of rotatable bonds is 5. The van der Waals surface area contributed by atoms with Crippen LogP contribution in [0.3, 0.4) is 0 Å². The predicted octanol–water partition coefficient (Wildman–Crippen LogP) is 3.68. The third kappa shape index (κ3) is 3.48. The van der Waals surface area contributed by atoms with E-state index in [2.05, 4.69) is 0 Å². The first-order valence-electron chi connectivity index (χ1n) is 9.38. The highest BCUT2D eigenvalue weighted by Gasteiger charge is 2.31. The largest absolute Gasteiger partial charge is 0.478 e. The number of carboxylic acid groups (broad SMARTS) is 1. The molecule has 4 rings (SSSR count). The smallest absolute Gasteiger partial charge is 0.335 e. The Hall–Kier alpha value is -3.45. The molecule has 0 saturated carbocycles. The van der Waals surface area contributed by atoms with E-state index in [1.165, 1.54) is 22.5 Å². The summed E-state index contributed by atoms with van der Waals surface area (Å²) in [6.45, 7) is 2.20. The zero-order chi connectivity index (χ0) is 21.5. The summed E-state index contributed by atoms with van der Waals surface area (Å²) in [7, 11) is -3.69. The second-order valence-corrected chi connectivity index (χ2v) is 9.06. The molecule has 1 N–H and O–H groups in total. The van der Waals surface area contributed by atoms with Gasteiger partial charge >= 0.3 is 5.97 Å². The van der Waals surface area contributed by atoms with E-state index in [9.17, 15) is 18.0 Å². The Morgan fingerprint density at radius 1 is 0.900 bits per heavy atom. The van der Waals surface area contributed by atoms with Crippen molar-refractivity contribution in [3.05, 3.63) is 94.5 Å². The summed E-state index contributed by atoms with van der Waals surface area (Å²) in [6, 6.07) is 17.5. The molecule has 0 fully saturated rings. The predicted molar refractivity (Wildman–Crippen MR) is 113 cm³/mol. The van der Waals surface area contributed by atoms with Gasteiger partial charge in [-0.05, 0) is 61.4 Å². The zero-order valence-electron chi connectivity index (χ0n) is 16.2. The maximum absolute atomic E-state index is 13.1. The average molecular weight is 421 g/mol. The maximum Gasteiger partial charge on any atom is 0.335 e. The Balaban J connectivity index is 1.66. The molecule has 30 heavy (non-hydrogen) atoms. The first-order chi connectivity index (χ1) is 14.3. The van der Waals surface area contributed by atoms with Gasteiger partial charge in [0.05, 0.1) is 16.1 Å². The van der Waals surface area contributed by atoms with Crippen molar-refractivity contribution in [2.45, 2.75) is 18.2 Å². The summed E-state index contributed by atoms with van der Waals surface area (Å²) in [6.07, 6.45) is 0.497. The van der Waals surface area contributed by atoms with Gasteiger partial charge in [-0.3, -0.25) is 9.10 Å². The third-order valence-corrected chi connectivity index (χ3v) is 7.00. The van der Waals surface area contributed by atoms with Crippen LogP contribution in [-0.4, -0.2) is 31.8 Å². The van der Waals surface area contributed by atoms with Gasteiger partial charge in [0.25, 0.3) is 10.0 Å². The van der Waals surface area contributed by atoms with Crippen LogP contribution in [0.1, 0.15) is 37.4 Å². The minimum absolute atomic E-state index is 0.0392. The topological polar surface area (TPSA) is 91.8 Å². The number of benzene rings is 3. The summed E-state index contributed by atoms with van der Waals surface area (Å²) >= 11 is 0. The first-order valence-corrected chi connectivity index (χ1v) is 10.8. The molecule has 1 aliphatic heterocycles. The number of aryl methyl sites for hydroxylation is 1. The van der Waals surface area contributed by atoms with Crippen LogP contribution in [0.5, 0.6) is 0 Å². The quantitative estimate of drug-likeness (QED) is 0.635. The van der Waals surface area contributed by atoms with Gasteiger partial charge in [-0.2, -0.15) is 0 Å². The molecule has 1 aliphatic rings. The second-order valence-electron chi connectivity index (χ2n) is 7.20. The molecule has 0 atom stereocenters. The van der Waals surface area contributed by atoms with Gasteiger partial charge in [0.15, 0.2) is 5.78 Å². The molecule has 3 aromatic carbocycles. The summed E-state index contributed by atoms with van der Waals surface area (Å²) in [4.78, 5) is 24.2. The van der Waals surface area contributed by atoms with Crippen LogP contribution in [0.2, 0.25) is 0 Å². The monoisotopic (exact) mass is 421 g/mol. The molecule has 7 heteroatoms. The van der Waals surface area contributed by atoms with Crippen molar-refractivity contribution in [3.8, 4) is 0 Å². The SMILES string of the molecule is Cc1ccc(S(=O)(=O)N2CCc3cc(C(=O)c4cccc(C(=O)O)c4)ccc32)cc1. The van der Waals surface area contributed by atoms with Gasteiger partial charge in [0, 0.05) is 17.7 Å². The maximum atomic E-state index is 13.1. The van der Waals surface area contributed by atoms with Gasteiger partial charge in [-0.25, -0.2) is 13.2 Å². The number of hydrogen-bond acceptors (Lipinski definition) is 4. The lowest BCUT2D eigenvalue weighted by Gasteiger charge is -2.20. The Kier molecular flexibility index (Phi) is 4.91. The number of carbonyl (C=O) groups excluding carboxylic acids is 1. The minimum atomic E-state index is -3.69.